The van der Waals surface area contributed by atoms with Crippen molar-refractivity contribution in [1.29, 1.82) is 0 Å². The Bertz CT molecular complexity index is 861. The van der Waals surface area contributed by atoms with E-state index in [4.69, 9.17) is 4.74 Å². The van der Waals surface area contributed by atoms with Crippen molar-refractivity contribution in [3.63, 3.8) is 0 Å². The lowest BCUT2D eigenvalue weighted by molar-refractivity contribution is 0.122. The van der Waals surface area contributed by atoms with Crippen molar-refractivity contribution in [3.05, 3.63) is 47.1 Å². The highest BCUT2D eigenvalue weighted by molar-refractivity contribution is 5.72. The molecular formula is C27H40N2O3. The Hall–Kier alpha value is -2.27. The average molecular weight is 441 g/mol. The smallest absolute Gasteiger partial charge is 0.412 e. The maximum absolute atomic E-state index is 12.7. The van der Waals surface area contributed by atoms with E-state index in [2.05, 4.69) is 43.8 Å². The van der Waals surface area contributed by atoms with Crippen molar-refractivity contribution >= 4 is 6.09 Å². The maximum atomic E-state index is 12.7. The molecule has 0 spiro atoms. The lowest BCUT2D eigenvalue weighted by atomic mass is 9.73. The Balaban J connectivity index is 1.89. The second kappa shape index (κ2) is 11.0. The van der Waals surface area contributed by atoms with Crippen molar-refractivity contribution < 1.29 is 14.6 Å². The largest absolute Gasteiger partial charge is 0.507 e. The summed E-state index contributed by atoms with van der Waals surface area (Å²) in [5.74, 6) is 0.844. The molecule has 1 aliphatic heterocycles. The van der Waals surface area contributed by atoms with Gasteiger partial charge in [-0.1, -0.05) is 43.6 Å². The van der Waals surface area contributed by atoms with Crippen LogP contribution in [0.5, 0.6) is 11.5 Å². The van der Waals surface area contributed by atoms with Crippen molar-refractivity contribution in [2.75, 3.05) is 20.1 Å². The average Bonchev–Trinajstić information content (AvgIpc) is 2.72. The summed E-state index contributed by atoms with van der Waals surface area (Å²) in [6, 6.07) is 4.17. The second-order valence-corrected chi connectivity index (χ2v) is 9.71. The molecule has 1 fully saturated rings. The first-order valence-corrected chi connectivity index (χ1v) is 12.1. The van der Waals surface area contributed by atoms with Crippen molar-refractivity contribution in [2.24, 2.45) is 5.92 Å². The van der Waals surface area contributed by atoms with E-state index < -0.39 is 6.09 Å². The zero-order chi connectivity index (χ0) is 23.3. The normalized spacial score (nSPS) is 23.2. The molecule has 1 unspecified atom stereocenters. The summed E-state index contributed by atoms with van der Waals surface area (Å²) >= 11 is 0. The van der Waals surface area contributed by atoms with Crippen LogP contribution in [0.15, 0.2) is 35.9 Å². The Morgan fingerprint density at radius 1 is 1.31 bits per heavy atom. The van der Waals surface area contributed by atoms with Gasteiger partial charge in [0.15, 0.2) is 0 Å². The van der Waals surface area contributed by atoms with E-state index in [0.717, 1.165) is 62.6 Å². The summed E-state index contributed by atoms with van der Waals surface area (Å²) in [6.45, 7) is 12.2. The standard InChI is InChI=1S/C27H40N2O3/c1-6-7-8-9-20-15-24(30)26(23-14-19(4)10-11-22(23)18(2)3)25(16-20)32-27(31)28-17-21-12-13-29(21)5/h14-16,21-23,30H,2,6-13,17H2,1,3-5H3,(H,28,31)/t21?,22-,23+/m0/s1. The summed E-state index contributed by atoms with van der Waals surface area (Å²) in [5.41, 5.74) is 4.09. The zero-order valence-electron chi connectivity index (χ0n) is 20.2. The van der Waals surface area contributed by atoms with Gasteiger partial charge in [-0.15, -0.1) is 0 Å². The first-order chi connectivity index (χ1) is 15.3. The van der Waals surface area contributed by atoms with Crippen molar-refractivity contribution in [1.82, 2.24) is 10.2 Å². The molecule has 2 aliphatic rings. The molecule has 2 N–H and O–H groups in total. The highest BCUT2D eigenvalue weighted by Gasteiger charge is 2.31. The lowest BCUT2D eigenvalue weighted by Crippen LogP contribution is -2.51. The van der Waals surface area contributed by atoms with Crippen molar-refractivity contribution in [3.8, 4) is 11.5 Å². The van der Waals surface area contributed by atoms with Gasteiger partial charge in [-0.25, -0.2) is 4.79 Å². The van der Waals surface area contributed by atoms with Crippen LogP contribution >= 0.6 is 0 Å². The number of aryl methyl sites for hydroxylation is 1. The van der Waals surface area contributed by atoms with Gasteiger partial charge in [-0.05, 0) is 83.2 Å². The number of ether oxygens (including phenoxy) is 1. The van der Waals surface area contributed by atoms with Crippen LogP contribution in [0, 0.1) is 5.92 Å². The van der Waals surface area contributed by atoms with Crippen LogP contribution < -0.4 is 10.1 Å². The highest BCUT2D eigenvalue weighted by atomic mass is 16.6. The van der Waals surface area contributed by atoms with E-state index in [0.29, 0.717) is 23.9 Å². The van der Waals surface area contributed by atoms with Gasteiger partial charge in [0.05, 0.1) is 0 Å². The van der Waals surface area contributed by atoms with E-state index in [1.54, 1.807) is 0 Å². The molecule has 0 bridgehead atoms. The van der Waals surface area contributed by atoms with Crippen molar-refractivity contribution in [2.45, 2.75) is 77.7 Å². The van der Waals surface area contributed by atoms with E-state index in [1.807, 2.05) is 19.1 Å². The summed E-state index contributed by atoms with van der Waals surface area (Å²) in [7, 11) is 2.06. The van der Waals surface area contributed by atoms with Gasteiger partial charge in [-0.2, -0.15) is 0 Å². The number of nitrogens with zero attached hydrogens (tertiary/aromatic N) is 1. The monoisotopic (exact) mass is 440 g/mol. The van der Waals surface area contributed by atoms with Crippen LogP contribution in [0.1, 0.15) is 76.3 Å². The number of benzene rings is 1. The number of carbonyl (C=O) groups excluding carboxylic acids is 1. The number of hydrogen-bond donors (Lipinski definition) is 2. The molecule has 1 aromatic carbocycles. The Labute approximate surface area is 193 Å². The number of unbranched alkanes of at least 4 members (excludes halogenated alkanes) is 2. The van der Waals surface area contributed by atoms with Gasteiger partial charge in [-0.3, -0.25) is 0 Å². The number of phenols is 1. The number of hydrogen-bond acceptors (Lipinski definition) is 4. The number of rotatable bonds is 9. The minimum Gasteiger partial charge on any atom is -0.507 e. The second-order valence-electron chi connectivity index (χ2n) is 9.71. The molecule has 3 atom stereocenters. The Morgan fingerprint density at radius 2 is 2.09 bits per heavy atom. The number of carbonyl (C=O) groups is 1. The van der Waals surface area contributed by atoms with Gasteiger partial charge in [0.25, 0.3) is 0 Å². The van der Waals surface area contributed by atoms with Crippen LogP contribution in [-0.2, 0) is 6.42 Å². The SMILES string of the molecule is C=C(C)[C@@H]1CCC(C)=C[C@H]1c1c(O)cc(CCCCC)cc1OC(=O)NCC1CCN1C. The maximum Gasteiger partial charge on any atom is 0.412 e. The third-order valence-corrected chi connectivity index (χ3v) is 7.09. The molecule has 0 saturated carbocycles. The number of aromatic hydroxyl groups is 1. The predicted molar refractivity (Wildman–Crippen MR) is 130 cm³/mol. The number of likely N-dealkylation sites (tertiary alicyclic amines) is 1. The fraction of sp³-hybridized carbons (Fsp3) is 0.593. The van der Waals surface area contributed by atoms with E-state index in [9.17, 15) is 9.90 Å². The molecule has 3 rings (SSSR count). The fourth-order valence-electron chi connectivity index (χ4n) is 4.88. The van der Waals surface area contributed by atoms with Gasteiger partial charge < -0.3 is 20.1 Å². The van der Waals surface area contributed by atoms with Crippen LogP contribution in [0.4, 0.5) is 4.79 Å². The molecule has 1 aliphatic carbocycles. The molecule has 1 heterocycles. The third kappa shape index (κ3) is 5.94. The summed E-state index contributed by atoms with van der Waals surface area (Å²) in [4.78, 5) is 14.9. The molecular weight excluding hydrogens is 400 g/mol. The van der Waals surface area contributed by atoms with E-state index in [1.165, 1.54) is 5.57 Å². The van der Waals surface area contributed by atoms with E-state index >= 15 is 0 Å². The van der Waals surface area contributed by atoms with Crippen LogP contribution in [0.2, 0.25) is 0 Å². The topological polar surface area (TPSA) is 61.8 Å². The van der Waals surface area contributed by atoms with Crippen LogP contribution in [-0.4, -0.2) is 42.3 Å². The predicted octanol–water partition coefficient (Wildman–Crippen LogP) is 5.93. The van der Waals surface area contributed by atoms with Gasteiger partial charge >= 0.3 is 6.09 Å². The van der Waals surface area contributed by atoms with Gasteiger partial charge in [0, 0.05) is 24.1 Å². The number of likely N-dealkylation sites (N-methyl/N-ethyl adjacent to an activating group) is 1. The molecule has 0 aromatic heterocycles. The molecule has 1 amide bonds. The lowest BCUT2D eigenvalue weighted by Gasteiger charge is -2.37. The molecule has 176 valence electrons. The summed E-state index contributed by atoms with van der Waals surface area (Å²) in [6.07, 6.45) is 9.02. The quantitative estimate of drug-likeness (QED) is 0.369. The van der Waals surface area contributed by atoms with Gasteiger partial charge in [0.1, 0.15) is 11.5 Å². The molecule has 1 aromatic rings. The highest BCUT2D eigenvalue weighted by Crippen LogP contribution is 2.47. The Kier molecular flexibility index (Phi) is 8.41. The zero-order valence-corrected chi connectivity index (χ0v) is 20.2. The summed E-state index contributed by atoms with van der Waals surface area (Å²) < 4.78 is 5.86. The minimum absolute atomic E-state index is 0.0495. The minimum atomic E-state index is -0.458. The first kappa shape index (κ1) is 24.4. The van der Waals surface area contributed by atoms with Gasteiger partial charge in [0.2, 0.25) is 0 Å². The molecule has 0 radical (unpaired) electrons. The molecule has 5 nitrogen and oxygen atoms in total. The number of allylic oxidation sites excluding steroid dienone is 3. The first-order valence-electron chi connectivity index (χ1n) is 12.1. The van der Waals surface area contributed by atoms with E-state index in [-0.39, 0.29) is 17.6 Å². The fourth-order valence-corrected chi connectivity index (χ4v) is 4.88. The van der Waals surface area contributed by atoms with Crippen LogP contribution in [0.3, 0.4) is 0 Å². The Morgan fingerprint density at radius 3 is 2.72 bits per heavy atom. The summed E-state index contributed by atoms with van der Waals surface area (Å²) in [5, 5.41) is 14.0. The molecule has 1 saturated heterocycles. The third-order valence-electron chi connectivity index (χ3n) is 7.09. The number of phenolic OH excluding ortho intramolecular Hbond substituents is 1. The number of nitrogens with one attached hydrogen (secondary N) is 1. The molecule has 32 heavy (non-hydrogen) atoms. The number of amides is 1. The molecule has 5 heteroatoms. The van der Waals surface area contributed by atoms with Crippen LogP contribution in [0.25, 0.3) is 0 Å².